The molecule has 1 unspecified atom stereocenters. The molecule has 2 aromatic rings. The minimum Gasteiger partial charge on any atom is -0.382 e. The summed E-state index contributed by atoms with van der Waals surface area (Å²) in [6.07, 6.45) is 10.4. The Kier molecular flexibility index (Phi) is 2.81. The number of rotatable bonds is 2. The van der Waals surface area contributed by atoms with Crippen LogP contribution in [-0.2, 0) is 0 Å². The summed E-state index contributed by atoms with van der Waals surface area (Å²) >= 11 is 0. The number of anilines is 2. The first-order valence-electron chi connectivity index (χ1n) is 6.65. The van der Waals surface area contributed by atoms with Crippen molar-refractivity contribution in [2.24, 2.45) is 0 Å². The Labute approximate surface area is 107 Å². The zero-order valence-electron chi connectivity index (χ0n) is 10.7. The van der Waals surface area contributed by atoms with Crippen molar-refractivity contribution in [1.82, 2.24) is 14.4 Å². The highest BCUT2D eigenvalue weighted by Crippen LogP contribution is 2.28. The first-order valence-corrected chi connectivity index (χ1v) is 6.65. The summed E-state index contributed by atoms with van der Waals surface area (Å²) < 4.78 is 1.96. The molecule has 0 saturated carbocycles. The molecule has 0 spiro atoms. The lowest BCUT2D eigenvalue weighted by molar-refractivity contribution is 0.447. The van der Waals surface area contributed by atoms with Gasteiger partial charge >= 0.3 is 0 Å². The van der Waals surface area contributed by atoms with Crippen molar-refractivity contribution in [3.63, 3.8) is 0 Å². The van der Waals surface area contributed by atoms with E-state index in [9.17, 15) is 0 Å². The number of hydrogen-bond donors (Lipinski definition) is 1. The van der Waals surface area contributed by atoms with Crippen LogP contribution >= 0.6 is 0 Å². The number of fused-ring (bicyclic) bond motifs is 1. The highest BCUT2D eigenvalue weighted by atomic mass is 15.3. The Balaban J connectivity index is 2.08. The molecule has 2 N–H and O–H groups in total. The fourth-order valence-electron chi connectivity index (χ4n) is 2.83. The van der Waals surface area contributed by atoms with Crippen LogP contribution in [0.5, 0.6) is 0 Å². The number of hydrogen-bond acceptors (Lipinski definition) is 4. The van der Waals surface area contributed by atoms with Crippen LogP contribution in [0.15, 0.2) is 18.6 Å². The summed E-state index contributed by atoms with van der Waals surface area (Å²) in [5.41, 5.74) is 6.80. The first-order chi connectivity index (χ1) is 8.79. The van der Waals surface area contributed by atoms with Crippen LogP contribution < -0.4 is 10.6 Å². The van der Waals surface area contributed by atoms with Crippen molar-refractivity contribution < 1.29 is 0 Å². The van der Waals surface area contributed by atoms with Gasteiger partial charge in [-0.1, -0.05) is 6.92 Å². The van der Waals surface area contributed by atoms with Crippen LogP contribution in [0.2, 0.25) is 0 Å². The maximum Gasteiger partial charge on any atom is 0.180 e. The van der Waals surface area contributed by atoms with Crippen molar-refractivity contribution >= 4 is 17.3 Å². The molecular formula is C13H19N5. The molecule has 2 aromatic heterocycles. The largest absolute Gasteiger partial charge is 0.382 e. The third kappa shape index (κ3) is 1.79. The standard InChI is InChI=1S/C13H19N5/c1-2-10-5-3-4-7-18(10)13-12-15-6-8-17(12)9-11(14)16-13/h6,8-10H,2-5,7,14H2,1H3. The molecule has 0 bridgehead atoms. The van der Waals surface area contributed by atoms with Gasteiger partial charge in [-0.25, -0.2) is 9.97 Å². The van der Waals surface area contributed by atoms with Gasteiger partial charge in [0.15, 0.2) is 11.5 Å². The van der Waals surface area contributed by atoms with E-state index in [0.717, 1.165) is 24.4 Å². The number of piperidine rings is 1. The average molecular weight is 245 g/mol. The Bertz CT molecular complexity index is 547. The second-order valence-electron chi connectivity index (χ2n) is 4.90. The maximum atomic E-state index is 5.89. The Hall–Kier alpha value is -1.78. The molecule has 3 rings (SSSR count). The Morgan fingerprint density at radius 3 is 3.17 bits per heavy atom. The summed E-state index contributed by atoms with van der Waals surface area (Å²) in [7, 11) is 0. The number of nitrogens with two attached hydrogens (primary N) is 1. The van der Waals surface area contributed by atoms with Crippen molar-refractivity contribution in [2.45, 2.75) is 38.6 Å². The van der Waals surface area contributed by atoms with E-state index in [2.05, 4.69) is 21.8 Å². The summed E-state index contributed by atoms with van der Waals surface area (Å²) in [6.45, 7) is 3.29. The van der Waals surface area contributed by atoms with E-state index < -0.39 is 0 Å². The van der Waals surface area contributed by atoms with Crippen molar-refractivity contribution in [3.05, 3.63) is 18.6 Å². The lowest BCUT2D eigenvalue weighted by Crippen LogP contribution is -2.40. The van der Waals surface area contributed by atoms with Gasteiger partial charge in [-0.05, 0) is 25.7 Å². The molecule has 1 saturated heterocycles. The average Bonchev–Trinajstić information content (AvgIpc) is 2.85. The number of nitrogens with zero attached hydrogens (tertiary/aromatic N) is 4. The third-order valence-electron chi connectivity index (χ3n) is 3.75. The lowest BCUT2D eigenvalue weighted by atomic mass is 10.0. The molecule has 5 nitrogen and oxygen atoms in total. The molecule has 0 amide bonds. The van der Waals surface area contributed by atoms with Gasteiger partial charge in [-0.15, -0.1) is 0 Å². The topological polar surface area (TPSA) is 59.5 Å². The van der Waals surface area contributed by atoms with E-state index in [4.69, 9.17) is 5.73 Å². The molecule has 1 fully saturated rings. The van der Waals surface area contributed by atoms with Gasteiger partial charge in [-0.2, -0.15) is 0 Å². The SMILES string of the molecule is CCC1CCCCN1c1nc(N)cn2ccnc12. The van der Waals surface area contributed by atoms with Gasteiger partial charge in [0.1, 0.15) is 5.82 Å². The van der Waals surface area contributed by atoms with Gasteiger partial charge < -0.3 is 15.0 Å². The minimum atomic E-state index is 0.552. The highest BCUT2D eigenvalue weighted by molar-refractivity contribution is 5.66. The Morgan fingerprint density at radius 2 is 2.33 bits per heavy atom. The molecule has 3 heterocycles. The second-order valence-corrected chi connectivity index (χ2v) is 4.90. The van der Waals surface area contributed by atoms with E-state index in [1.165, 1.54) is 19.3 Å². The van der Waals surface area contributed by atoms with Gasteiger partial charge in [0, 0.05) is 25.0 Å². The van der Waals surface area contributed by atoms with Gasteiger partial charge in [0.2, 0.25) is 0 Å². The van der Waals surface area contributed by atoms with Crippen molar-refractivity contribution in [2.75, 3.05) is 17.2 Å². The molecule has 5 heteroatoms. The first kappa shape index (κ1) is 11.3. The molecule has 1 aliphatic rings. The molecule has 18 heavy (non-hydrogen) atoms. The van der Waals surface area contributed by atoms with Gasteiger partial charge in [-0.3, -0.25) is 0 Å². The predicted octanol–water partition coefficient (Wildman–Crippen LogP) is 2.08. The zero-order valence-corrected chi connectivity index (χ0v) is 10.7. The Morgan fingerprint density at radius 1 is 1.44 bits per heavy atom. The van der Waals surface area contributed by atoms with Crippen LogP contribution in [0.4, 0.5) is 11.6 Å². The van der Waals surface area contributed by atoms with E-state index in [0.29, 0.717) is 11.9 Å². The third-order valence-corrected chi connectivity index (χ3v) is 3.75. The smallest absolute Gasteiger partial charge is 0.180 e. The zero-order chi connectivity index (χ0) is 12.5. The fraction of sp³-hybridized carbons (Fsp3) is 0.538. The maximum absolute atomic E-state index is 5.89. The summed E-state index contributed by atoms with van der Waals surface area (Å²) in [4.78, 5) is 11.3. The molecule has 0 aromatic carbocycles. The number of nitrogen functional groups attached to an aromatic ring is 1. The molecule has 1 aliphatic heterocycles. The van der Waals surface area contributed by atoms with Crippen molar-refractivity contribution in [1.29, 1.82) is 0 Å². The monoisotopic (exact) mass is 245 g/mol. The fourth-order valence-corrected chi connectivity index (χ4v) is 2.83. The van der Waals surface area contributed by atoms with Gasteiger partial charge in [0.05, 0.1) is 6.20 Å². The predicted molar refractivity (Wildman–Crippen MR) is 72.7 cm³/mol. The van der Waals surface area contributed by atoms with E-state index in [1.54, 1.807) is 6.20 Å². The molecule has 0 radical (unpaired) electrons. The minimum absolute atomic E-state index is 0.552. The summed E-state index contributed by atoms with van der Waals surface area (Å²) in [6, 6.07) is 0.563. The summed E-state index contributed by atoms with van der Waals surface area (Å²) in [5.74, 6) is 1.49. The quantitative estimate of drug-likeness (QED) is 0.880. The van der Waals surface area contributed by atoms with Gasteiger partial charge in [0.25, 0.3) is 0 Å². The van der Waals surface area contributed by atoms with E-state index in [1.807, 2.05) is 16.8 Å². The number of imidazole rings is 1. The van der Waals surface area contributed by atoms with Crippen LogP contribution in [0, 0.1) is 0 Å². The summed E-state index contributed by atoms with van der Waals surface area (Å²) in [5, 5.41) is 0. The van der Waals surface area contributed by atoms with Crippen molar-refractivity contribution in [3.8, 4) is 0 Å². The molecule has 1 atom stereocenters. The van der Waals surface area contributed by atoms with Crippen LogP contribution in [0.25, 0.3) is 5.65 Å². The molecule has 96 valence electrons. The highest BCUT2D eigenvalue weighted by Gasteiger charge is 2.24. The van der Waals surface area contributed by atoms with E-state index >= 15 is 0 Å². The van der Waals surface area contributed by atoms with E-state index in [-0.39, 0.29) is 0 Å². The second kappa shape index (κ2) is 4.48. The lowest BCUT2D eigenvalue weighted by Gasteiger charge is -2.36. The molecular weight excluding hydrogens is 226 g/mol. The van der Waals surface area contributed by atoms with Crippen LogP contribution in [0.1, 0.15) is 32.6 Å². The number of aromatic nitrogens is 3. The normalized spacial score (nSPS) is 20.5. The molecule has 0 aliphatic carbocycles. The van der Waals surface area contributed by atoms with Crippen LogP contribution in [-0.4, -0.2) is 27.0 Å². The van der Waals surface area contributed by atoms with Crippen LogP contribution in [0.3, 0.4) is 0 Å².